The minimum Gasteiger partial charge on any atom is -0.497 e. The van der Waals surface area contributed by atoms with Crippen molar-refractivity contribution in [3.8, 4) is 5.75 Å². The summed E-state index contributed by atoms with van der Waals surface area (Å²) in [6.45, 7) is 2.98. The first-order chi connectivity index (χ1) is 9.28. The molecular formula is C15H22N2O2. The summed E-state index contributed by atoms with van der Waals surface area (Å²) in [4.78, 5) is 2.53. The number of hydrogen-bond acceptors (Lipinski definition) is 4. The van der Waals surface area contributed by atoms with Crippen LogP contribution in [0.3, 0.4) is 0 Å². The Morgan fingerprint density at radius 1 is 1.37 bits per heavy atom. The van der Waals surface area contributed by atoms with Crippen molar-refractivity contribution in [1.29, 1.82) is 0 Å². The second-order valence-electron chi connectivity index (χ2n) is 5.46. The number of rotatable bonds is 3. The molecule has 3 unspecified atom stereocenters. The highest BCUT2D eigenvalue weighted by Crippen LogP contribution is 2.28. The van der Waals surface area contributed by atoms with Gasteiger partial charge in [0.15, 0.2) is 0 Å². The predicted molar refractivity (Wildman–Crippen MR) is 74.3 cm³/mol. The number of fused-ring (bicyclic) bond motifs is 1. The van der Waals surface area contributed by atoms with E-state index in [9.17, 15) is 0 Å². The van der Waals surface area contributed by atoms with Crippen molar-refractivity contribution in [3.05, 3.63) is 29.8 Å². The molecule has 2 aliphatic heterocycles. The van der Waals surface area contributed by atoms with Crippen LogP contribution in [0.2, 0.25) is 0 Å². The molecule has 2 fully saturated rings. The Balaban J connectivity index is 1.67. The largest absolute Gasteiger partial charge is 0.497 e. The lowest BCUT2D eigenvalue weighted by Crippen LogP contribution is -2.49. The van der Waals surface area contributed by atoms with Crippen molar-refractivity contribution in [2.75, 3.05) is 26.8 Å². The minimum absolute atomic E-state index is 0.0625. The highest BCUT2D eigenvalue weighted by atomic mass is 16.5. The molecule has 4 nitrogen and oxygen atoms in total. The molecule has 1 aromatic rings. The van der Waals surface area contributed by atoms with E-state index in [0.717, 1.165) is 24.5 Å². The van der Waals surface area contributed by atoms with E-state index < -0.39 is 0 Å². The van der Waals surface area contributed by atoms with Gasteiger partial charge in [0.1, 0.15) is 5.75 Å². The lowest BCUT2D eigenvalue weighted by molar-refractivity contribution is -0.0597. The molecule has 1 aromatic carbocycles. The summed E-state index contributed by atoms with van der Waals surface area (Å²) >= 11 is 0. The van der Waals surface area contributed by atoms with Crippen LogP contribution in [0, 0.1) is 0 Å². The van der Waals surface area contributed by atoms with Crippen molar-refractivity contribution in [2.24, 2.45) is 5.73 Å². The molecule has 0 amide bonds. The standard InChI is InChI=1S/C15H22N2O2/c1-18-13-6-4-11(5-7-13)15(16)14-9-17-8-2-3-12(17)10-19-14/h4-7,12,14-15H,2-3,8-10,16H2,1H3. The number of nitrogens with zero attached hydrogens (tertiary/aromatic N) is 1. The van der Waals surface area contributed by atoms with E-state index >= 15 is 0 Å². The van der Waals surface area contributed by atoms with Gasteiger partial charge in [-0.05, 0) is 37.1 Å². The summed E-state index contributed by atoms with van der Waals surface area (Å²) in [7, 11) is 1.67. The second kappa shape index (κ2) is 5.49. The Morgan fingerprint density at radius 3 is 2.89 bits per heavy atom. The SMILES string of the molecule is COc1ccc(C(N)C2CN3CCCC3CO2)cc1. The molecule has 104 valence electrons. The summed E-state index contributed by atoms with van der Waals surface area (Å²) in [6.07, 6.45) is 2.66. The molecule has 0 aromatic heterocycles. The third-order valence-electron chi connectivity index (χ3n) is 4.32. The summed E-state index contributed by atoms with van der Waals surface area (Å²) in [5, 5.41) is 0. The van der Waals surface area contributed by atoms with Gasteiger partial charge in [-0.2, -0.15) is 0 Å². The Hall–Kier alpha value is -1.10. The molecule has 19 heavy (non-hydrogen) atoms. The van der Waals surface area contributed by atoms with Crippen LogP contribution in [0.4, 0.5) is 0 Å². The molecule has 2 N–H and O–H groups in total. The van der Waals surface area contributed by atoms with Crippen LogP contribution in [0.25, 0.3) is 0 Å². The second-order valence-corrected chi connectivity index (χ2v) is 5.46. The van der Waals surface area contributed by atoms with E-state index in [1.54, 1.807) is 7.11 Å². The van der Waals surface area contributed by atoms with Gasteiger partial charge < -0.3 is 15.2 Å². The third kappa shape index (κ3) is 2.61. The highest BCUT2D eigenvalue weighted by Gasteiger charge is 2.35. The highest BCUT2D eigenvalue weighted by molar-refractivity contribution is 5.29. The van der Waals surface area contributed by atoms with Crippen LogP contribution >= 0.6 is 0 Å². The quantitative estimate of drug-likeness (QED) is 0.898. The minimum atomic E-state index is -0.0625. The van der Waals surface area contributed by atoms with Crippen molar-refractivity contribution in [1.82, 2.24) is 4.90 Å². The first-order valence-corrected chi connectivity index (χ1v) is 7.03. The topological polar surface area (TPSA) is 47.7 Å². The van der Waals surface area contributed by atoms with Crippen LogP contribution in [-0.4, -0.2) is 43.9 Å². The van der Waals surface area contributed by atoms with E-state index in [4.69, 9.17) is 15.2 Å². The van der Waals surface area contributed by atoms with E-state index in [0.29, 0.717) is 6.04 Å². The fourth-order valence-corrected chi connectivity index (χ4v) is 3.10. The Labute approximate surface area is 114 Å². The smallest absolute Gasteiger partial charge is 0.118 e. The van der Waals surface area contributed by atoms with Gasteiger partial charge in [-0.15, -0.1) is 0 Å². The maximum Gasteiger partial charge on any atom is 0.118 e. The van der Waals surface area contributed by atoms with Crippen molar-refractivity contribution in [3.63, 3.8) is 0 Å². The van der Waals surface area contributed by atoms with Crippen molar-refractivity contribution < 1.29 is 9.47 Å². The first kappa shape index (κ1) is 12.9. The van der Waals surface area contributed by atoms with Crippen LogP contribution in [0.5, 0.6) is 5.75 Å². The zero-order valence-electron chi connectivity index (χ0n) is 11.4. The number of morpholine rings is 1. The summed E-state index contributed by atoms with van der Waals surface area (Å²) < 4.78 is 11.1. The van der Waals surface area contributed by atoms with Gasteiger partial charge in [0, 0.05) is 12.6 Å². The molecule has 2 saturated heterocycles. The molecule has 0 saturated carbocycles. The van der Waals surface area contributed by atoms with E-state index in [2.05, 4.69) is 4.90 Å². The molecule has 4 heteroatoms. The van der Waals surface area contributed by atoms with Gasteiger partial charge in [-0.3, -0.25) is 4.90 Å². The maximum absolute atomic E-state index is 6.35. The van der Waals surface area contributed by atoms with Crippen molar-refractivity contribution in [2.45, 2.75) is 31.0 Å². The normalized spacial score (nSPS) is 28.9. The number of nitrogens with two attached hydrogens (primary N) is 1. The van der Waals surface area contributed by atoms with Crippen LogP contribution in [0.15, 0.2) is 24.3 Å². The Bertz CT molecular complexity index is 421. The average Bonchev–Trinajstić information content (AvgIpc) is 2.94. The van der Waals surface area contributed by atoms with Gasteiger partial charge in [-0.1, -0.05) is 12.1 Å². The molecule has 2 heterocycles. The molecule has 3 atom stereocenters. The lowest BCUT2D eigenvalue weighted by Gasteiger charge is -2.37. The Morgan fingerprint density at radius 2 is 2.16 bits per heavy atom. The van der Waals surface area contributed by atoms with Gasteiger partial charge >= 0.3 is 0 Å². The van der Waals surface area contributed by atoms with Crippen LogP contribution in [0.1, 0.15) is 24.4 Å². The summed E-state index contributed by atoms with van der Waals surface area (Å²) in [5.74, 6) is 0.861. The first-order valence-electron chi connectivity index (χ1n) is 7.03. The predicted octanol–water partition coefficient (Wildman–Crippen LogP) is 1.56. The molecule has 3 rings (SSSR count). The zero-order valence-corrected chi connectivity index (χ0v) is 11.4. The Kier molecular flexibility index (Phi) is 3.73. The van der Waals surface area contributed by atoms with Crippen LogP contribution < -0.4 is 10.5 Å². The number of methoxy groups -OCH3 is 1. The monoisotopic (exact) mass is 262 g/mol. The maximum atomic E-state index is 6.35. The average molecular weight is 262 g/mol. The molecule has 0 bridgehead atoms. The molecule has 0 radical (unpaired) electrons. The fourth-order valence-electron chi connectivity index (χ4n) is 3.10. The molecular weight excluding hydrogens is 240 g/mol. The van der Waals surface area contributed by atoms with Gasteiger partial charge in [0.2, 0.25) is 0 Å². The molecule has 2 aliphatic rings. The molecule has 0 aliphatic carbocycles. The number of benzene rings is 1. The van der Waals surface area contributed by atoms with Gasteiger partial charge in [-0.25, -0.2) is 0 Å². The van der Waals surface area contributed by atoms with Gasteiger partial charge in [0.25, 0.3) is 0 Å². The van der Waals surface area contributed by atoms with E-state index in [-0.39, 0.29) is 12.1 Å². The summed E-state index contributed by atoms with van der Waals surface area (Å²) in [6, 6.07) is 8.53. The third-order valence-corrected chi connectivity index (χ3v) is 4.32. The van der Waals surface area contributed by atoms with E-state index in [1.165, 1.54) is 19.4 Å². The van der Waals surface area contributed by atoms with E-state index in [1.807, 2.05) is 24.3 Å². The number of ether oxygens (including phenoxy) is 2. The van der Waals surface area contributed by atoms with Gasteiger partial charge in [0.05, 0.1) is 25.9 Å². The number of hydrogen-bond donors (Lipinski definition) is 1. The fraction of sp³-hybridized carbons (Fsp3) is 0.600. The lowest BCUT2D eigenvalue weighted by atomic mass is 10.00. The summed E-state index contributed by atoms with van der Waals surface area (Å²) in [5.41, 5.74) is 7.47. The zero-order chi connectivity index (χ0) is 13.2. The van der Waals surface area contributed by atoms with Crippen LogP contribution in [-0.2, 0) is 4.74 Å². The molecule has 0 spiro atoms. The van der Waals surface area contributed by atoms with Crippen molar-refractivity contribution >= 4 is 0 Å².